The first-order valence-electron chi connectivity index (χ1n) is 5.93. The first-order valence-corrected chi connectivity index (χ1v) is 7.92. The predicted octanol–water partition coefficient (Wildman–Crippen LogP) is 6.62. The van der Waals surface area contributed by atoms with Gasteiger partial charge in [-0.15, -0.1) is 11.3 Å². The van der Waals surface area contributed by atoms with Gasteiger partial charge in [0.2, 0.25) is 0 Å². The Labute approximate surface area is 127 Å². The summed E-state index contributed by atoms with van der Waals surface area (Å²) in [6.07, 6.45) is 0. The number of fused-ring (bicyclic) bond motifs is 5. The van der Waals surface area contributed by atoms with Crippen molar-refractivity contribution in [2.45, 2.75) is 0 Å². The molecule has 0 radical (unpaired) electrons. The lowest BCUT2D eigenvalue weighted by molar-refractivity contribution is 1.79. The zero-order valence-corrected chi connectivity index (χ0v) is 12.9. The molecule has 0 aliphatic carbocycles. The molecular formula is C16H8BrClS. The van der Waals surface area contributed by atoms with Crippen molar-refractivity contribution in [1.29, 1.82) is 0 Å². The van der Waals surface area contributed by atoms with Crippen LogP contribution in [0, 0.1) is 0 Å². The van der Waals surface area contributed by atoms with E-state index in [1.54, 1.807) is 11.3 Å². The van der Waals surface area contributed by atoms with Gasteiger partial charge in [0.25, 0.3) is 0 Å². The van der Waals surface area contributed by atoms with E-state index in [1.165, 1.54) is 30.9 Å². The van der Waals surface area contributed by atoms with E-state index in [2.05, 4.69) is 58.4 Å². The van der Waals surface area contributed by atoms with E-state index >= 15 is 0 Å². The average Bonchev–Trinajstić information content (AvgIpc) is 2.78. The van der Waals surface area contributed by atoms with Crippen molar-refractivity contribution >= 4 is 69.8 Å². The van der Waals surface area contributed by atoms with E-state index in [-0.39, 0.29) is 0 Å². The maximum absolute atomic E-state index is 6.16. The Morgan fingerprint density at radius 3 is 2.68 bits per heavy atom. The number of hydrogen-bond donors (Lipinski definition) is 0. The molecule has 0 nitrogen and oxygen atoms in total. The summed E-state index contributed by atoms with van der Waals surface area (Å²) in [6, 6.07) is 16.8. The van der Waals surface area contributed by atoms with Crippen molar-refractivity contribution in [3.8, 4) is 0 Å². The molecule has 0 N–H and O–H groups in total. The van der Waals surface area contributed by atoms with Gasteiger partial charge in [0, 0.05) is 25.0 Å². The van der Waals surface area contributed by atoms with Gasteiger partial charge < -0.3 is 0 Å². The van der Waals surface area contributed by atoms with Crippen LogP contribution in [-0.4, -0.2) is 0 Å². The average molecular weight is 348 g/mol. The van der Waals surface area contributed by atoms with Crippen molar-refractivity contribution in [3.05, 3.63) is 58.0 Å². The van der Waals surface area contributed by atoms with E-state index in [4.69, 9.17) is 11.6 Å². The van der Waals surface area contributed by atoms with Crippen LogP contribution in [0.5, 0.6) is 0 Å². The molecule has 0 atom stereocenters. The Kier molecular flexibility index (Phi) is 2.59. The quantitative estimate of drug-likeness (QED) is 0.335. The van der Waals surface area contributed by atoms with Crippen LogP contribution in [0.3, 0.4) is 0 Å². The zero-order valence-electron chi connectivity index (χ0n) is 9.78. The second-order valence-corrected chi connectivity index (χ2v) is 6.87. The van der Waals surface area contributed by atoms with Crippen LogP contribution in [0.15, 0.2) is 53.0 Å². The highest BCUT2D eigenvalue weighted by atomic mass is 79.9. The summed E-state index contributed by atoms with van der Waals surface area (Å²) >= 11 is 11.7. The number of thiophene rings is 1. The van der Waals surface area contributed by atoms with Gasteiger partial charge in [-0.2, -0.15) is 0 Å². The monoisotopic (exact) mass is 346 g/mol. The first-order chi connectivity index (χ1) is 9.24. The molecule has 4 rings (SSSR count). The summed E-state index contributed by atoms with van der Waals surface area (Å²) < 4.78 is 3.71. The Morgan fingerprint density at radius 1 is 0.947 bits per heavy atom. The van der Waals surface area contributed by atoms with Gasteiger partial charge >= 0.3 is 0 Å². The maximum Gasteiger partial charge on any atom is 0.0503 e. The van der Waals surface area contributed by atoms with Gasteiger partial charge in [-0.1, -0.05) is 35.9 Å². The van der Waals surface area contributed by atoms with Gasteiger partial charge in [-0.3, -0.25) is 0 Å². The highest BCUT2D eigenvalue weighted by Gasteiger charge is 2.11. The second-order valence-electron chi connectivity index (χ2n) is 4.53. The van der Waals surface area contributed by atoms with Crippen LogP contribution in [0.2, 0.25) is 5.02 Å². The van der Waals surface area contributed by atoms with E-state index < -0.39 is 0 Å². The first kappa shape index (κ1) is 11.7. The summed E-state index contributed by atoms with van der Waals surface area (Å²) in [6.45, 7) is 0. The van der Waals surface area contributed by atoms with Gasteiger partial charge in [-0.05, 0) is 51.0 Å². The fourth-order valence-corrected chi connectivity index (χ4v) is 4.52. The molecule has 0 unspecified atom stereocenters. The lowest BCUT2D eigenvalue weighted by Gasteiger charge is -2.02. The fraction of sp³-hybridized carbons (Fsp3) is 0. The number of halogens is 2. The molecule has 4 aromatic rings. The van der Waals surface area contributed by atoms with Gasteiger partial charge in [0.05, 0.1) is 4.70 Å². The van der Waals surface area contributed by atoms with E-state index in [0.717, 1.165) is 9.50 Å². The molecular weight excluding hydrogens is 340 g/mol. The van der Waals surface area contributed by atoms with Gasteiger partial charge in [0.15, 0.2) is 0 Å². The molecule has 1 aromatic heterocycles. The number of benzene rings is 3. The molecule has 0 amide bonds. The largest absolute Gasteiger partial charge is 0.134 e. The maximum atomic E-state index is 6.16. The standard InChI is InChI=1S/C16H8BrClS/c17-13-7-9-3-1-2-4-11(9)15-12-8-10(18)5-6-14(12)19-16(13)15/h1-8H. The van der Waals surface area contributed by atoms with E-state index in [9.17, 15) is 0 Å². The second kappa shape index (κ2) is 4.20. The van der Waals surface area contributed by atoms with Crippen molar-refractivity contribution in [1.82, 2.24) is 0 Å². The Morgan fingerprint density at radius 2 is 1.79 bits per heavy atom. The number of hydrogen-bond acceptors (Lipinski definition) is 1. The molecule has 19 heavy (non-hydrogen) atoms. The molecule has 0 aliphatic heterocycles. The highest BCUT2D eigenvalue weighted by Crippen LogP contribution is 2.43. The van der Waals surface area contributed by atoms with Gasteiger partial charge in [-0.25, -0.2) is 0 Å². The highest BCUT2D eigenvalue weighted by molar-refractivity contribution is 9.10. The third-order valence-electron chi connectivity index (χ3n) is 3.38. The minimum absolute atomic E-state index is 0.788. The summed E-state index contributed by atoms with van der Waals surface area (Å²) in [4.78, 5) is 0. The minimum Gasteiger partial charge on any atom is -0.134 e. The smallest absolute Gasteiger partial charge is 0.0503 e. The normalized spacial score (nSPS) is 11.7. The van der Waals surface area contributed by atoms with Gasteiger partial charge in [0.1, 0.15) is 0 Å². The third kappa shape index (κ3) is 1.71. The summed E-state index contributed by atoms with van der Waals surface area (Å²) in [5, 5.41) is 5.87. The molecule has 0 bridgehead atoms. The Hall–Kier alpha value is -1.09. The molecule has 0 saturated carbocycles. The minimum atomic E-state index is 0.788. The fourth-order valence-electron chi connectivity index (χ4n) is 2.56. The van der Waals surface area contributed by atoms with E-state index in [1.807, 2.05) is 6.07 Å². The topological polar surface area (TPSA) is 0 Å². The lowest BCUT2D eigenvalue weighted by Crippen LogP contribution is -1.75. The molecule has 0 fully saturated rings. The van der Waals surface area contributed by atoms with Crippen LogP contribution in [0.25, 0.3) is 30.9 Å². The molecule has 0 saturated heterocycles. The molecule has 0 aliphatic rings. The summed E-state index contributed by atoms with van der Waals surface area (Å²) in [7, 11) is 0. The van der Waals surface area contributed by atoms with Crippen molar-refractivity contribution in [3.63, 3.8) is 0 Å². The van der Waals surface area contributed by atoms with Crippen molar-refractivity contribution in [2.24, 2.45) is 0 Å². The SMILES string of the molecule is Clc1ccc2sc3c(Br)cc4ccccc4c3c2c1. The Bertz CT molecular complexity index is 940. The van der Waals surface area contributed by atoms with Crippen molar-refractivity contribution < 1.29 is 0 Å². The van der Waals surface area contributed by atoms with Crippen LogP contribution < -0.4 is 0 Å². The lowest BCUT2D eigenvalue weighted by atomic mass is 10.0. The van der Waals surface area contributed by atoms with Crippen molar-refractivity contribution in [2.75, 3.05) is 0 Å². The molecule has 92 valence electrons. The summed E-state index contributed by atoms with van der Waals surface area (Å²) in [5.74, 6) is 0. The zero-order chi connectivity index (χ0) is 13.0. The molecule has 3 heteroatoms. The summed E-state index contributed by atoms with van der Waals surface area (Å²) in [5.41, 5.74) is 0. The van der Waals surface area contributed by atoms with E-state index in [0.29, 0.717) is 0 Å². The molecule has 1 heterocycles. The Balaban J connectivity index is 2.38. The predicted molar refractivity (Wildman–Crippen MR) is 89.5 cm³/mol. The van der Waals surface area contributed by atoms with Crippen LogP contribution >= 0.6 is 38.9 Å². The third-order valence-corrected chi connectivity index (χ3v) is 5.71. The van der Waals surface area contributed by atoms with Crippen LogP contribution in [0.1, 0.15) is 0 Å². The number of rotatable bonds is 0. The van der Waals surface area contributed by atoms with Crippen LogP contribution in [0.4, 0.5) is 0 Å². The van der Waals surface area contributed by atoms with Crippen LogP contribution in [-0.2, 0) is 0 Å². The molecule has 0 spiro atoms. The molecule has 3 aromatic carbocycles.